The summed E-state index contributed by atoms with van der Waals surface area (Å²) in [4.78, 5) is 21.5. The maximum Gasteiger partial charge on any atom is 0.321 e. The molecule has 16 heavy (non-hydrogen) atoms. The van der Waals surface area contributed by atoms with E-state index < -0.39 is 12.0 Å². The van der Waals surface area contributed by atoms with Gasteiger partial charge in [-0.05, 0) is 12.2 Å². The molecule has 0 rings (SSSR count). The standard InChI is InChI=1S/C9H19N3O3S/c10-3-4-12-8(13)2-1-5-16-6-7(11)9(14)15/h7H,1-6,10-11H2,(H,12,13)(H,14,15)/t7-/m0/s1. The minimum Gasteiger partial charge on any atom is -0.480 e. The summed E-state index contributed by atoms with van der Waals surface area (Å²) in [5, 5.41) is 11.2. The fraction of sp³-hybridized carbons (Fsp3) is 0.778. The first-order valence-corrected chi connectivity index (χ1v) is 6.26. The SMILES string of the molecule is NCCNC(=O)CCCSC[C@H](N)C(=O)O. The molecule has 0 aliphatic heterocycles. The highest BCUT2D eigenvalue weighted by atomic mass is 32.2. The zero-order valence-electron chi connectivity index (χ0n) is 9.15. The number of nitrogens with one attached hydrogen (secondary N) is 1. The molecule has 0 fully saturated rings. The molecule has 0 heterocycles. The third-order valence-electron chi connectivity index (χ3n) is 1.77. The summed E-state index contributed by atoms with van der Waals surface area (Å²) in [5.41, 5.74) is 10.5. The smallest absolute Gasteiger partial charge is 0.321 e. The number of hydrogen-bond acceptors (Lipinski definition) is 5. The Kier molecular flexibility index (Phi) is 8.97. The maximum atomic E-state index is 11.1. The van der Waals surface area contributed by atoms with Gasteiger partial charge in [0.25, 0.3) is 0 Å². The molecule has 0 saturated carbocycles. The van der Waals surface area contributed by atoms with Gasteiger partial charge in [-0.15, -0.1) is 0 Å². The van der Waals surface area contributed by atoms with Gasteiger partial charge < -0.3 is 21.9 Å². The van der Waals surface area contributed by atoms with Crippen LogP contribution in [0, 0.1) is 0 Å². The largest absolute Gasteiger partial charge is 0.480 e. The lowest BCUT2D eigenvalue weighted by Gasteiger charge is -2.06. The van der Waals surface area contributed by atoms with Gasteiger partial charge in [0, 0.05) is 25.3 Å². The summed E-state index contributed by atoms with van der Waals surface area (Å²) >= 11 is 1.44. The van der Waals surface area contributed by atoms with Crippen molar-refractivity contribution >= 4 is 23.6 Å². The molecular formula is C9H19N3O3S. The van der Waals surface area contributed by atoms with Crippen molar-refractivity contribution in [2.45, 2.75) is 18.9 Å². The fourth-order valence-electron chi connectivity index (χ4n) is 0.916. The van der Waals surface area contributed by atoms with Crippen molar-refractivity contribution in [3.63, 3.8) is 0 Å². The second kappa shape index (κ2) is 9.44. The molecule has 0 radical (unpaired) electrons. The van der Waals surface area contributed by atoms with Crippen LogP contribution in [0.1, 0.15) is 12.8 Å². The normalized spacial score (nSPS) is 12.1. The topological polar surface area (TPSA) is 118 Å². The Bertz CT molecular complexity index is 226. The third-order valence-corrected chi connectivity index (χ3v) is 2.95. The number of carbonyl (C=O) groups excluding carboxylic acids is 1. The van der Waals surface area contributed by atoms with Crippen molar-refractivity contribution in [2.75, 3.05) is 24.6 Å². The first-order valence-electron chi connectivity index (χ1n) is 5.10. The Labute approximate surface area is 99.1 Å². The second-order valence-electron chi connectivity index (χ2n) is 3.26. The molecule has 6 N–H and O–H groups in total. The molecule has 0 unspecified atom stereocenters. The molecule has 0 aliphatic carbocycles. The molecule has 0 bridgehead atoms. The number of hydrogen-bond donors (Lipinski definition) is 4. The van der Waals surface area contributed by atoms with E-state index in [1.165, 1.54) is 11.8 Å². The molecular weight excluding hydrogens is 230 g/mol. The molecule has 0 spiro atoms. The molecule has 0 aromatic heterocycles. The lowest BCUT2D eigenvalue weighted by molar-refractivity contribution is -0.137. The second-order valence-corrected chi connectivity index (χ2v) is 4.41. The van der Waals surface area contributed by atoms with Crippen LogP contribution in [0.15, 0.2) is 0 Å². The van der Waals surface area contributed by atoms with Gasteiger partial charge in [-0.25, -0.2) is 0 Å². The van der Waals surface area contributed by atoms with Crippen molar-refractivity contribution < 1.29 is 14.7 Å². The van der Waals surface area contributed by atoms with Gasteiger partial charge in [0.1, 0.15) is 6.04 Å². The van der Waals surface area contributed by atoms with Crippen LogP contribution in [0.3, 0.4) is 0 Å². The number of rotatable bonds is 9. The molecule has 1 amide bonds. The highest BCUT2D eigenvalue weighted by Crippen LogP contribution is 2.05. The quantitative estimate of drug-likeness (QED) is 0.389. The number of amides is 1. The summed E-state index contributed by atoms with van der Waals surface area (Å²) in [5.74, 6) is 0.0957. The molecule has 7 heteroatoms. The summed E-state index contributed by atoms with van der Waals surface area (Å²) in [6.07, 6.45) is 1.16. The highest BCUT2D eigenvalue weighted by molar-refractivity contribution is 7.99. The monoisotopic (exact) mass is 249 g/mol. The third kappa shape index (κ3) is 8.51. The zero-order valence-corrected chi connectivity index (χ0v) is 9.96. The Morgan fingerprint density at radius 1 is 1.44 bits per heavy atom. The van der Waals surface area contributed by atoms with E-state index in [9.17, 15) is 9.59 Å². The summed E-state index contributed by atoms with van der Waals surface area (Å²) < 4.78 is 0. The minimum absolute atomic E-state index is 0.0198. The number of carboxylic acid groups (broad SMARTS) is 1. The maximum absolute atomic E-state index is 11.1. The first kappa shape index (κ1) is 15.2. The van der Waals surface area contributed by atoms with Crippen LogP contribution >= 0.6 is 11.8 Å². The van der Waals surface area contributed by atoms with E-state index in [0.29, 0.717) is 31.7 Å². The molecule has 0 aromatic carbocycles. The van der Waals surface area contributed by atoms with E-state index in [1.807, 2.05) is 0 Å². The van der Waals surface area contributed by atoms with Gasteiger partial charge in [0.2, 0.25) is 5.91 Å². The number of nitrogens with two attached hydrogens (primary N) is 2. The van der Waals surface area contributed by atoms with Gasteiger partial charge in [-0.1, -0.05) is 0 Å². The van der Waals surface area contributed by atoms with Gasteiger partial charge in [-0.3, -0.25) is 9.59 Å². The predicted molar refractivity (Wildman–Crippen MR) is 64.2 cm³/mol. The molecule has 6 nitrogen and oxygen atoms in total. The molecule has 94 valence electrons. The number of thioether (sulfide) groups is 1. The number of carboxylic acids is 1. The van der Waals surface area contributed by atoms with Crippen LogP contribution in [-0.2, 0) is 9.59 Å². The van der Waals surface area contributed by atoms with Crippen LogP contribution < -0.4 is 16.8 Å². The van der Waals surface area contributed by atoms with E-state index >= 15 is 0 Å². The average molecular weight is 249 g/mol. The molecule has 0 saturated heterocycles. The Hall–Kier alpha value is -0.790. The molecule has 0 aromatic rings. The van der Waals surface area contributed by atoms with E-state index in [4.69, 9.17) is 16.6 Å². The molecule has 0 aliphatic rings. The van der Waals surface area contributed by atoms with Crippen molar-refractivity contribution in [1.29, 1.82) is 0 Å². The van der Waals surface area contributed by atoms with Gasteiger partial charge >= 0.3 is 5.97 Å². The van der Waals surface area contributed by atoms with Crippen LogP contribution in [0.25, 0.3) is 0 Å². The Morgan fingerprint density at radius 2 is 2.12 bits per heavy atom. The van der Waals surface area contributed by atoms with Gasteiger partial charge in [0.05, 0.1) is 0 Å². The summed E-state index contributed by atoms with van der Waals surface area (Å²) in [6, 6.07) is -0.823. The van der Waals surface area contributed by atoms with Gasteiger partial charge in [-0.2, -0.15) is 11.8 Å². The predicted octanol–water partition coefficient (Wildman–Crippen LogP) is -1.01. The van der Waals surface area contributed by atoms with E-state index in [1.54, 1.807) is 0 Å². The van der Waals surface area contributed by atoms with Crippen molar-refractivity contribution in [2.24, 2.45) is 11.5 Å². The summed E-state index contributed by atoms with van der Waals surface area (Å²) in [7, 11) is 0. The lowest BCUT2D eigenvalue weighted by atomic mass is 10.3. The average Bonchev–Trinajstić information content (AvgIpc) is 2.25. The van der Waals surface area contributed by atoms with Crippen LogP contribution in [0.5, 0.6) is 0 Å². The van der Waals surface area contributed by atoms with Crippen LogP contribution in [0.2, 0.25) is 0 Å². The molecule has 1 atom stereocenters. The Balaban J connectivity index is 3.33. The van der Waals surface area contributed by atoms with Crippen molar-refractivity contribution in [3.8, 4) is 0 Å². The minimum atomic E-state index is -0.992. The van der Waals surface area contributed by atoms with E-state index in [-0.39, 0.29) is 5.91 Å². The van der Waals surface area contributed by atoms with Crippen molar-refractivity contribution in [3.05, 3.63) is 0 Å². The Morgan fingerprint density at radius 3 is 2.69 bits per heavy atom. The number of aliphatic carboxylic acids is 1. The van der Waals surface area contributed by atoms with E-state index in [0.717, 1.165) is 5.75 Å². The highest BCUT2D eigenvalue weighted by Gasteiger charge is 2.10. The van der Waals surface area contributed by atoms with Crippen LogP contribution in [-0.4, -0.2) is 47.6 Å². The van der Waals surface area contributed by atoms with Crippen LogP contribution in [0.4, 0.5) is 0 Å². The summed E-state index contributed by atoms with van der Waals surface area (Å²) in [6.45, 7) is 0.934. The first-order chi connectivity index (χ1) is 7.57. The number of carbonyl (C=O) groups is 2. The zero-order chi connectivity index (χ0) is 12.4. The van der Waals surface area contributed by atoms with Gasteiger partial charge in [0.15, 0.2) is 0 Å². The van der Waals surface area contributed by atoms with Crippen molar-refractivity contribution in [1.82, 2.24) is 5.32 Å². The lowest BCUT2D eigenvalue weighted by Crippen LogP contribution is -2.32. The van der Waals surface area contributed by atoms with E-state index in [2.05, 4.69) is 5.32 Å². The fourth-order valence-corrected chi connectivity index (χ4v) is 1.83.